The van der Waals surface area contributed by atoms with Gasteiger partial charge in [0.15, 0.2) is 0 Å². The van der Waals surface area contributed by atoms with Crippen LogP contribution in [0.2, 0.25) is 0 Å². The molecule has 1 aromatic rings. The molecular weight excluding hydrogens is 208 g/mol. The maximum Gasteiger partial charge on any atom is 0.254 e. The van der Waals surface area contributed by atoms with Gasteiger partial charge in [-0.3, -0.25) is 9.59 Å². The van der Waals surface area contributed by atoms with Crippen molar-refractivity contribution in [3.8, 4) is 5.75 Å². The molecule has 5 heteroatoms. The zero-order chi connectivity index (χ0) is 12.3. The lowest BCUT2D eigenvalue weighted by Crippen LogP contribution is -2.23. The summed E-state index contributed by atoms with van der Waals surface area (Å²) >= 11 is 0. The molecule has 2 amide bonds. The Morgan fingerprint density at radius 3 is 2.44 bits per heavy atom. The van der Waals surface area contributed by atoms with E-state index < -0.39 is 5.91 Å². The van der Waals surface area contributed by atoms with E-state index in [4.69, 9.17) is 0 Å². The Morgan fingerprint density at radius 2 is 1.94 bits per heavy atom. The molecule has 16 heavy (non-hydrogen) atoms. The first-order valence-corrected chi connectivity index (χ1v) is 4.74. The summed E-state index contributed by atoms with van der Waals surface area (Å²) < 4.78 is 0. The van der Waals surface area contributed by atoms with Crippen molar-refractivity contribution in [1.29, 1.82) is 0 Å². The van der Waals surface area contributed by atoms with Crippen LogP contribution in [0, 0.1) is 0 Å². The van der Waals surface area contributed by atoms with E-state index in [1.807, 2.05) is 0 Å². The topological polar surface area (TPSA) is 69.6 Å². The van der Waals surface area contributed by atoms with Crippen molar-refractivity contribution in [2.45, 2.75) is 0 Å². The van der Waals surface area contributed by atoms with Crippen molar-refractivity contribution in [3.05, 3.63) is 29.3 Å². The van der Waals surface area contributed by atoms with Crippen molar-refractivity contribution >= 4 is 11.8 Å². The number of phenolic OH excluding ortho intramolecular Hbond substituents is 1. The third-order valence-electron chi connectivity index (χ3n) is 2.12. The molecule has 5 nitrogen and oxygen atoms in total. The van der Waals surface area contributed by atoms with Gasteiger partial charge >= 0.3 is 0 Å². The zero-order valence-electron chi connectivity index (χ0n) is 9.44. The molecule has 0 heterocycles. The Hall–Kier alpha value is -2.04. The highest BCUT2D eigenvalue weighted by atomic mass is 16.3. The number of carbonyl (C=O) groups is 2. The van der Waals surface area contributed by atoms with Gasteiger partial charge in [0.25, 0.3) is 11.8 Å². The number of rotatable bonds is 2. The average molecular weight is 222 g/mol. The molecular formula is C11H14N2O3. The van der Waals surface area contributed by atoms with Crippen molar-refractivity contribution in [2.24, 2.45) is 0 Å². The van der Waals surface area contributed by atoms with Crippen LogP contribution in [0.25, 0.3) is 0 Å². The van der Waals surface area contributed by atoms with Crippen LogP contribution in [0.4, 0.5) is 0 Å². The van der Waals surface area contributed by atoms with Gasteiger partial charge in [-0.2, -0.15) is 0 Å². The van der Waals surface area contributed by atoms with Gasteiger partial charge in [-0.25, -0.2) is 0 Å². The van der Waals surface area contributed by atoms with Crippen LogP contribution in [0.1, 0.15) is 20.7 Å². The van der Waals surface area contributed by atoms with Crippen molar-refractivity contribution in [1.82, 2.24) is 10.2 Å². The fourth-order valence-electron chi connectivity index (χ4n) is 1.24. The van der Waals surface area contributed by atoms with E-state index in [0.717, 1.165) is 0 Å². The number of aromatic hydroxyl groups is 1. The van der Waals surface area contributed by atoms with E-state index in [0.29, 0.717) is 5.56 Å². The molecule has 2 N–H and O–H groups in total. The summed E-state index contributed by atoms with van der Waals surface area (Å²) in [6.07, 6.45) is 0. The first kappa shape index (κ1) is 12.0. The van der Waals surface area contributed by atoms with Gasteiger partial charge in [0.2, 0.25) is 0 Å². The van der Waals surface area contributed by atoms with Crippen LogP contribution >= 0.6 is 0 Å². The smallest absolute Gasteiger partial charge is 0.254 e. The number of benzene rings is 1. The van der Waals surface area contributed by atoms with E-state index in [1.165, 1.54) is 30.1 Å². The third kappa shape index (κ3) is 2.31. The van der Waals surface area contributed by atoms with Crippen molar-refractivity contribution in [2.75, 3.05) is 21.1 Å². The van der Waals surface area contributed by atoms with E-state index >= 15 is 0 Å². The van der Waals surface area contributed by atoms with Gasteiger partial charge in [-0.15, -0.1) is 0 Å². The standard InChI is InChI=1S/C11H14N2O3/c1-12-10(15)8-6-7(4-5-9(8)14)11(16)13(2)3/h4-6,14H,1-3H3,(H,12,15). The summed E-state index contributed by atoms with van der Waals surface area (Å²) in [4.78, 5) is 24.4. The first-order valence-electron chi connectivity index (χ1n) is 4.74. The fourth-order valence-corrected chi connectivity index (χ4v) is 1.24. The summed E-state index contributed by atoms with van der Waals surface area (Å²) in [5, 5.41) is 11.9. The molecule has 0 atom stereocenters. The maximum absolute atomic E-state index is 11.6. The lowest BCUT2D eigenvalue weighted by molar-refractivity contribution is 0.0827. The normalized spacial score (nSPS) is 9.69. The average Bonchev–Trinajstić information content (AvgIpc) is 2.27. The van der Waals surface area contributed by atoms with Gasteiger partial charge in [0.05, 0.1) is 5.56 Å². The molecule has 1 aromatic carbocycles. The fraction of sp³-hybridized carbons (Fsp3) is 0.273. The highest BCUT2D eigenvalue weighted by Gasteiger charge is 2.14. The molecule has 0 radical (unpaired) electrons. The van der Waals surface area contributed by atoms with E-state index in [2.05, 4.69) is 5.32 Å². The minimum atomic E-state index is -0.425. The van der Waals surface area contributed by atoms with E-state index in [9.17, 15) is 14.7 Å². The molecule has 0 aliphatic carbocycles. The molecule has 0 aromatic heterocycles. The second kappa shape index (κ2) is 4.65. The van der Waals surface area contributed by atoms with Crippen LogP contribution in [-0.2, 0) is 0 Å². The van der Waals surface area contributed by atoms with Gasteiger partial charge in [-0.05, 0) is 18.2 Å². The van der Waals surface area contributed by atoms with Crippen molar-refractivity contribution < 1.29 is 14.7 Å². The number of hydrogen-bond acceptors (Lipinski definition) is 3. The number of amides is 2. The lowest BCUT2D eigenvalue weighted by Gasteiger charge is -2.11. The molecule has 0 saturated carbocycles. The van der Waals surface area contributed by atoms with E-state index in [1.54, 1.807) is 14.1 Å². The minimum absolute atomic E-state index is 0.0928. The summed E-state index contributed by atoms with van der Waals surface area (Å²) in [5.74, 6) is -0.786. The molecule has 0 spiro atoms. The molecule has 0 bridgehead atoms. The van der Waals surface area contributed by atoms with Crippen LogP contribution in [0.5, 0.6) is 5.75 Å². The molecule has 86 valence electrons. The molecule has 0 fully saturated rings. The second-order valence-corrected chi connectivity index (χ2v) is 3.51. The van der Waals surface area contributed by atoms with Crippen LogP contribution in [-0.4, -0.2) is 43.0 Å². The SMILES string of the molecule is CNC(=O)c1cc(C(=O)N(C)C)ccc1O. The van der Waals surface area contributed by atoms with Gasteiger partial charge < -0.3 is 15.3 Å². The number of nitrogens with zero attached hydrogens (tertiary/aromatic N) is 1. The molecule has 0 unspecified atom stereocenters. The predicted octanol–water partition coefficient (Wildman–Crippen LogP) is 0.454. The second-order valence-electron chi connectivity index (χ2n) is 3.51. The highest BCUT2D eigenvalue weighted by Crippen LogP contribution is 2.18. The van der Waals surface area contributed by atoms with Gasteiger partial charge in [0, 0.05) is 26.7 Å². The maximum atomic E-state index is 11.6. The Morgan fingerprint density at radius 1 is 1.31 bits per heavy atom. The lowest BCUT2D eigenvalue weighted by atomic mass is 10.1. The molecule has 1 rings (SSSR count). The third-order valence-corrected chi connectivity index (χ3v) is 2.12. The first-order chi connectivity index (χ1) is 7.47. The summed E-state index contributed by atoms with van der Waals surface area (Å²) in [5.41, 5.74) is 0.455. The summed E-state index contributed by atoms with van der Waals surface area (Å²) in [6, 6.07) is 4.18. The quantitative estimate of drug-likeness (QED) is 0.763. The van der Waals surface area contributed by atoms with Gasteiger partial charge in [-0.1, -0.05) is 0 Å². The highest BCUT2D eigenvalue weighted by molar-refractivity contribution is 6.01. The van der Waals surface area contributed by atoms with Crippen LogP contribution in [0.3, 0.4) is 0 Å². The Kier molecular flexibility index (Phi) is 3.50. The number of carbonyl (C=O) groups excluding carboxylic acids is 2. The Labute approximate surface area is 93.7 Å². The summed E-state index contributed by atoms with van der Waals surface area (Å²) in [7, 11) is 4.70. The van der Waals surface area contributed by atoms with Crippen LogP contribution < -0.4 is 5.32 Å². The van der Waals surface area contributed by atoms with Crippen LogP contribution in [0.15, 0.2) is 18.2 Å². The molecule has 0 aliphatic heterocycles. The Balaban J connectivity index is 3.17. The van der Waals surface area contributed by atoms with Gasteiger partial charge in [0.1, 0.15) is 5.75 Å². The van der Waals surface area contributed by atoms with Crippen molar-refractivity contribution in [3.63, 3.8) is 0 Å². The number of hydrogen-bond donors (Lipinski definition) is 2. The number of nitrogens with one attached hydrogen (secondary N) is 1. The van der Waals surface area contributed by atoms with E-state index in [-0.39, 0.29) is 17.2 Å². The Bertz CT molecular complexity index is 427. The molecule has 0 saturated heterocycles. The number of phenols is 1. The predicted molar refractivity (Wildman–Crippen MR) is 59.5 cm³/mol. The zero-order valence-corrected chi connectivity index (χ0v) is 9.44. The molecule has 0 aliphatic rings. The largest absolute Gasteiger partial charge is 0.507 e. The summed E-state index contributed by atoms with van der Waals surface area (Å²) in [6.45, 7) is 0. The minimum Gasteiger partial charge on any atom is -0.507 e. The monoisotopic (exact) mass is 222 g/mol.